The summed E-state index contributed by atoms with van der Waals surface area (Å²) < 4.78 is 17.0. The maximum Gasteiger partial charge on any atom is 0.312 e. The van der Waals surface area contributed by atoms with Crippen molar-refractivity contribution in [2.75, 3.05) is 13.7 Å². The minimum atomic E-state index is -0.447. The van der Waals surface area contributed by atoms with Gasteiger partial charge < -0.3 is 14.2 Å². The molecule has 0 saturated heterocycles. The van der Waals surface area contributed by atoms with Crippen molar-refractivity contribution in [1.29, 1.82) is 0 Å². The van der Waals surface area contributed by atoms with E-state index in [2.05, 4.69) is 33.4 Å². The van der Waals surface area contributed by atoms with Gasteiger partial charge in [0.2, 0.25) is 0 Å². The molecule has 2 aliphatic carbocycles. The van der Waals surface area contributed by atoms with Crippen LogP contribution in [0.25, 0.3) is 0 Å². The van der Waals surface area contributed by atoms with Crippen LogP contribution in [0.5, 0.6) is 11.5 Å². The van der Waals surface area contributed by atoms with Gasteiger partial charge in [-0.05, 0) is 106 Å². The van der Waals surface area contributed by atoms with E-state index >= 15 is 0 Å². The van der Waals surface area contributed by atoms with E-state index in [0.717, 1.165) is 62.0 Å². The second-order valence-corrected chi connectivity index (χ2v) is 11.7. The van der Waals surface area contributed by atoms with Crippen molar-refractivity contribution in [3.05, 3.63) is 84.0 Å². The average Bonchev–Trinajstić information content (AvgIpc) is 2.92. The minimum absolute atomic E-state index is 0.0321. The van der Waals surface area contributed by atoms with Crippen LogP contribution in [0.3, 0.4) is 0 Å². The van der Waals surface area contributed by atoms with Crippen molar-refractivity contribution in [1.82, 2.24) is 0 Å². The monoisotopic (exact) mass is 516 g/mol. The van der Waals surface area contributed by atoms with E-state index in [0.29, 0.717) is 25.0 Å². The molecule has 0 N–H and O–H groups in total. The fourth-order valence-electron chi connectivity index (χ4n) is 7.04. The largest absolute Gasteiger partial charge is 0.497 e. The third-order valence-electron chi connectivity index (χ3n) is 9.27. The van der Waals surface area contributed by atoms with E-state index in [1.54, 1.807) is 7.11 Å². The van der Waals surface area contributed by atoms with Crippen LogP contribution in [0.2, 0.25) is 0 Å². The molecule has 4 heteroatoms. The predicted molar refractivity (Wildman–Crippen MR) is 153 cm³/mol. The highest BCUT2D eigenvalue weighted by Gasteiger charge is 2.57. The highest BCUT2D eigenvalue weighted by atomic mass is 16.5. The first-order chi connectivity index (χ1) is 18.3. The second kappa shape index (κ2) is 12.2. The van der Waals surface area contributed by atoms with Gasteiger partial charge in [0, 0.05) is 0 Å². The number of methoxy groups -OCH3 is 1. The van der Waals surface area contributed by atoms with Gasteiger partial charge in [-0.2, -0.15) is 0 Å². The number of carbonyl (C=O) groups excluding carboxylic acids is 1. The zero-order valence-electron chi connectivity index (χ0n) is 23.6. The summed E-state index contributed by atoms with van der Waals surface area (Å²) in [5.74, 6) is 2.35. The molecule has 0 unspecified atom stereocenters. The van der Waals surface area contributed by atoms with Gasteiger partial charge in [-0.1, -0.05) is 61.4 Å². The lowest BCUT2D eigenvalue weighted by Gasteiger charge is -2.57. The van der Waals surface area contributed by atoms with Crippen molar-refractivity contribution in [3.63, 3.8) is 0 Å². The Balaban J connectivity index is 1.38. The molecule has 4 nitrogen and oxygen atoms in total. The summed E-state index contributed by atoms with van der Waals surface area (Å²) >= 11 is 0. The molecular formula is C34H44O4. The SMILES string of the molecule is C=C1CC[C@@H]2[C@](C)(CCC[C@]2(C)C(=O)OCc2ccccc2)[C@H]1CC/C(C)=C/COc1ccc(OC)cc1. The molecular weight excluding hydrogens is 472 g/mol. The number of benzene rings is 2. The van der Waals surface area contributed by atoms with E-state index < -0.39 is 5.41 Å². The third-order valence-corrected chi connectivity index (χ3v) is 9.27. The van der Waals surface area contributed by atoms with Crippen molar-refractivity contribution >= 4 is 5.97 Å². The highest BCUT2D eigenvalue weighted by Crippen LogP contribution is 2.62. The summed E-state index contributed by atoms with van der Waals surface area (Å²) in [6, 6.07) is 17.7. The van der Waals surface area contributed by atoms with Crippen molar-refractivity contribution < 1.29 is 19.0 Å². The molecule has 2 aromatic carbocycles. The van der Waals surface area contributed by atoms with Gasteiger partial charge in [-0.3, -0.25) is 4.79 Å². The van der Waals surface area contributed by atoms with E-state index in [1.807, 2.05) is 54.6 Å². The number of allylic oxidation sites excluding steroid dienone is 2. The van der Waals surface area contributed by atoms with E-state index in [-0.39, 0.29) is 11.4 Å². The van der Waals surface area contributed by atoms with Crippen LogP contribution in [0.4, 0.5) is 0 Å². The average molecular weight is 517 g/mol. The summed E-state index contributed by atoms with van der Waals surface area (Å²) in [7, 11) is 1.66. The number of fused-ring (bicyclic) bond motifs is 1. The van der Waals surface area contributed by atoms with Crippen molar-refractivity contribution in [2.45, 2.75) is 72.3 Å². The number of esters is 1. The Hall–Kier alpha value is -3.01. The van der Waals surface area contributed by atoms with Gasteiger partial charge >= 0.3 is 5.97 Å². The van der Waals surface area contributed by atoms with Crippen LogP contribution in [-0.2, 0) is 16.1 Å². The molecule has 2 aromatic rings. The van der Waals surface area contributed by atoms with Crippen LogP contribution in [0, 0.1) is 22.7 Å². The molecule has 2 fully saturated rings. The van der Waals surface area contributed by atoms with Gasteiger partial charge in [0.15, 0.2) is 0 Å². The Kier molecular flexibility index (Phi) is 9.02. The van der Waals surface area contributed by atoms with Crippen LogP contribution < -0.4 is 9.47 Å². The fourth-order valence-corrected chi connectivity index (χ4v) is 7.04. The zero-order valence-corrected chi connectivity index (χ0v) is 23.6. The third kappa shape index (κ3) is 6.17. The van der Waals surface area contributed by atoms with Crippen LogP contribution in [0.15, 0.2) is 78.4 Å². The molecule has 0 radical (unpaired) electrons. The minimum Gasteiger partial charge on any atom is -0.497 e. The van der Waals surface area contributed by atoms with Gasteiger partial charge in [-0.15, -0.1) is 0 Å². The standard InChI is InChI=1S/C34H44O4/c1-25(20-23-37-29-16-14-28(36-5)15-17-29)12-18-30-26(2)13-19-31-33(30,3)21-9-22-34(31,4)32(35)38-24-27-10-7-6-8-11-27/h6-8,10-11,14-17,20,30-31H,2,9,12-13,18-19,21-24H2,1,3-5H3/b25-20+/t30-,31+,33+,34-/m0/s1. The Morgan fingerprint density at radius 2 is 1.76 bits per heavy atom. The Bertz CT molecular complexity index is 1120. The molecule has 0 bridgehead atoms. The molecule has 38 heavy (non-hydrogen) atoms. The Labute approximate surface area is 229 Å². The molecule has 4 atom stereocenters. The van der Waals surface area contributed by atoms with Gasteiger partial charge in [0.05, 0.1) is 12.5 Å². The molecule has 0 spiro atoms. The molecule has 0 amide bonds. The number of rotatable bonds is 10. The van der Waals surface area contributed by atoms with Gasteiger partial charge in [-0.25, -0.2) is 0 Å². The second-order valence-electron chi connectivity index (χ2n) is 11.7. The molecule has 2 aliphatic rings. The molecule has 204 valence electrons. The summed E-state index contributed by atoms with van der Waals surface area (Å²) in [5, 5.41) is 0. The lowest BCUT2D eigenvalue weighted by Crippen LogP contribution is -2.53. The fraction of sp³-hybridized carbons (Fsp3) is 0.500. The molecule has 0 aromatic heterocycles. The van der Waals surface area contributed by atoms with E-state index in [1.165, 1.54) is 11.1 Å². The first kappa shape index (κ1) is 28.0. The van der Waals surface area contributed by atoms with E-state index in [9.17, 15) is 4.79 Å². The van der Waals surface area contributed by atoms with Gasteiger partial charge in [0.1, 0.15) is 24.7 Å². The summed E-state index contributed by atoms with van der Waals surface area (Å²) in [6.45, 7) is 12.2. The quantitative estimate of drug-likeness (QED) is 0.235. The smallest absolute Gasteiger partial charge is 0.312 e. The topological polar surface area (TPSA) is 44.8 Å². The van der Waals surface area contributed by atoms with Crippen molar-refractivity contribution in [3.8, 4) is 11.5 Å². The molecule has 0 heterocycles. The maximum absolute atomic E-state index is 13.5. The molecule has 4 rings (SSSR count). The lowest BCUT2D eigenvalue weighted by atomic mass is 9.46. The van der Waals surface area contributed by atoms with Crippen LogP contribution in [-0.4, -0.2) is 19.7 Å². The maximum atomic E-state index is 13.5. The number of carbonyl (C=O) groups is 1. The van der Waals surface area contributed by atoms with Crippen LogP contribution >= 0.6 is 0 Å². The van der Waals surface area contributed by atoms with Crippen LogP contribution in [0.1, 0.15) is 71.3 Å². The lowest BCUT2D eigenvalue weighted by molar-refractivity contribution is -0.172. The first-order valence-corrected chi connectivity index (χ1v) is 14.1. The highest BCUT2D eigenvalue weighted by molar-refractivity contribution is 5.77. The zero-order chi connectivity index (χ0) is 27.2. The van der Waals surface area contributed by atoms with Gasteiger partial charge in [0.25, 0.3) is 0 Å². The Morgan fingerprint density at radius 1 is 1.05 bits per heavy atom. The summed E-state index contributed by atoms with van der Waals surface area (Å²) in [5.41, 5.74) is 3.34. The molecule has 0 aliphatic heterocycles. The number of hydrogen-bond donors (Lipinski definition) is 0. The first-order valence-electron chi connectivity index (χ1n) is 14.1. The number of ether oxygens (including phenoxy) is 3. The van der Waals surface area contributed by atoms with Crippen molar-refractivity contribution in [2.24, 2.45) is 22.7 Å². The summed E-state index contributed by atoms with van der Waals surface area (Å²) in [6.07, 6.45) is 9.37. The summed E-state index contributed by atoms with van der Waals surface area (Å²) in [4.78, 5) is 13.5. The predicted octanol–water partition coefficient (Wildman–Crippen LogP) is 8.32. The molecule has 2 saturated carbocycles. The normalized spacial score (nSPS) is 27.4. The van der Waals surface area contributed by atoms with E-state index in [4.69, 9.17) is 14.2 Å². The number of hydrogen-bond acceptors (Lipinski definition) is 4. The Morgan fingerprint density at radius 3 is 2.47 bits per heavy atom.